The SMILES string of the molecule is COc1cccc(-c2cc(C(=O)N3CCC(c4ccccc4)CC3)c3cnn(C)c3n2)c1. The van der Waals surface area contributed by atoms with Crippen LogP contribution in [0.15, 0.2) is 66.9 Å². The van der Waals surface area contributed by atoms with Gasteiger partial charge in [-0.05, 0) is 42.5 Å². The Morgan fingerprint density at radius 3 is 2.56 bits per heavy atom. The molecule has 1 aliphatic heterocycles. The van der Waals surface area contributed by atoms with Crippen molar-refractivity contribution in [3.63, 3.8) is 0 Å². The van der Waals surface area contributed by atoms with Crippen LogP contribution in [0.1, 0.15) is 34.7 Å². The molecule has 0 N–H and O–H groups in total. The number of pyridine rings is 1. The van der Waals surface area contributed by atoms with Crippen LogP contribution >= 0.6 is 0 Å². The zero-order valence-corrected chi connectivity index (χ0v) is 18.4. The lowest BCUT2D eigenvalue weighted by Gasteiger charge is -2.32. The third-order valence-electron chi connectivity index (χ3n) is 6.35. The first-order chi connectivity index (χ1) is 15.6. The number of fused-ring (bicyclic) bond motifs is 1. The van der Waals surface area contributed by atoms with Gasteiger partial charge in [-0.3, -0.25) is 9.48 Å². The zero-order valence-electron chi connectivity index (χ0n) is 18.4. The van der Waals surface area contributed by atoms with Gasteiger partial charge in [-0.1, -0.05) is 42.5 Å². The number of hydrogen-bond donors (Lipinski definition) is 0. The summed E-state index contributed by atoms with van der Waals surface area (Å²) in [6, 6.07) is 20.2. The number of likely N-dealkylation sites (tertiary alicyclic amines) is 1. The summed E-state index contributed by atoms with van der Waals surface area (Å²) < 4.78 is 7.09. The van der Waals surface area contributed by atoms with E-state index in [4.69, 9.17) is 9.72 Å². The largest absolute Gasteiger partial charge is 0.497 e. The Kier molecular flexibility index (Phi) is 5.35. The molecule has 3 heterocycles. The molecular formula is C26H26N4O2. The van der Waals surface area contributed by atoms with E-state index in [1.165, 1.54) is 5.56 Å². The number of ether oxygens (including phenoxy) is 1. The predicted molar refractivity (Wildman–Crippen MR) is 125 cm³/mol. The Morgan fingerprint density at radius 1 is 1.03 bits per heavy atom. The van der Waals surface area contributed by atoms with Crippen LogP contribution in [0.3, 0.4) is 0 Å². The molecule has 0 unspecified atom stereocenters. The average molecular weight is 427 g/mol. The fourth-order valence-electron chi connectivity index (χ4n) is 4.53. The highest BCUT2D eigenvalue weighted by atomic mass is 16.5. The van der Waals surface area contributed by atoms with Crippen LogP contribution in [0.5, 0.6) is 5.75 Å². The quantitative estimate of drug-likeness (QED) is 0.476. The Balaban J connectivity index is 1.46. The van der Waals surface area contributed by atoms with E-state index in [-0.39, 0.29) is 5.91 Å². The van der Waals surface area contributed by atoms with Crippen molar-refractivity contribution in [1.29, 1.82) is 0 Å². The van der Waals surface area contributed by atoms with Gasteiger partial charge in [-0.15, -0.1) is 0 Å². The highest BCUT2D eigenvalue weighted by Gasteiger charge is 2.27. The molecule has 162 valence electrons. The van der Waals surface area contributed by atoms with Crippen molar-refractivity contribution in [2.45, 2.75) is 18.8 Å². The second-order valence-corrected chi connectivity index (χ2v) is 8.27. The molecule has 5 rings (SSSR count). The van der Waals surface area contributed by atoms with E-state index < -0.39 is 0 Å². The normalized spacial score (nSPS) is 14.6. The van der Waals surface area contributed by atoms with Gasteiger partial charge in [0.15, 0.2) is 5.65 Å². The minimum atomic E-state index is 0.0426. The first-order valence-electron chi connectivity index (χ1n) is 11.0. The fraction of sp³-hybridized carbons (Fsp3) is 0.269. The molecule has 4 aromatic rings. The fourth-order valence-corrected chi connectivity index (χ4v) is 4.53. The third-order valence-corrected chi connectivity index (χ3v) is 6.35. The van der Waals surface area contributed by atoms with Crippen LogP contribution in [0, 0.1) is 0 Å². The summed E-state index contributed by atoms with van der Waals surface area (Å²) in [7, 11) is 3.50. The first-order valence-corrected chi connectivity index (χ1v) is 11.0. The highest BCUT2D eigenvalue weighted by Crippen LogP contribution is 2.31. The summed E-state index contributed by atoms with van der Waals surface area (Å²) in [5, 5.41) is 5.15. The zero-order chi connectivity index (χ0) is 22.1. The number of rotatable bonds is 4. The van der Waals surface area contributed by atoms with Crippen molar-refractivity contribution < 1.29 is 9.53 Å². The predicted octanol–water partition coefficient (Wildman–Crippen LogP) is 4.66. The van der Waals surface area contributed by atoms with Gasteiger partial charge in [0.1, 0.15) is 5.75 Å². The maximum atomic E-state index is 13.6. The molecule has 1 fully saturated rings. The van der Waals surface area contributed by atoms with Gasteiger partial charge in [-0.2, -0.15) is 5.10 Å². The molecule has 0 saturated carbocycles. The number of methoxy groups -OCH3 is 1. The summed E-state index contributed by atoms with van der Waals surface area (Å²) in [4.78, 5) is 20.4. The Bertz CT molecular complexity index is 1260. The molecule has 0 aliphatic carbocycles. The van der Waals surface area contributed by atoms with Gasteiger partial charge >= 0.3 is 0 Å². The van der Waals surface area contributed by atoms with Crippen LogP contribution in [-0.2, 0) is 7.05 Å². The van der Waals surface area contributed by atoms with E-state index in [1.807, 2.05) is 48.3 Å². The van der Waals surface area contributed by atoms with Gasteiger partial charge in [-0.25, -0.2) is 4.98 Å². The van der Waals surface area contributed by atoms with Crippen LogP contribution < -0.4 is 4.74 Å². The van der Waals surface area contributed by atoms with Crippen LogP contribution in [0.4, 0.5) is 0 Å². The van der Waals surface area contributed by atoms with Gasteiger partial charge in [0.25, 0.3) is 5.91 Å². The van der Waals surface area contributed by atoms with Crippen molar-refractivity contribution in [2.75, 3.05) is 20.2 Å². The van der Waals surface area contributed by atoms with E-state index in [0.717, 1.165) is 48.3 Å². The minimum Gasteiger partial charge on any atom is -0.497 e. The molecule has 1 amide bonds. The smallest absolute Gasteiger partial charge is 0.254 e. The Labute approximate surface area is 187 Å². The lowest BCUT2D eigenvalue weighted by atomic mass is 9.89. The highest BCUT2D eigenvalue weighted by molar-refractivity contribution is 6.06. The first kappa shape index (κ1) is 20.2. The van der Waals surface area contributed by atoms with Crippen molar-refractivity contribution in [1.82, 2.24) is 19.7 Å². The number of nitrogens with zero attached hydrogens (tertiary/aromatic N) is 4. The van der Waals surface area contributed by atoms with Gasteiger partial charge < -0.3 is 9.64 Å². The van der Waals surface area contributed by atoms with E-state index in [1.54, 1.807) is 18.0 Å². The minimum absolute atomic E-state index is 0.0426. The second kappa shape index (κ2) is 8.46. The third kappa shape index (κ3) is 3.73. The number of hydrogen-bond acceptors (Lipinski definition) is 4. The standard InChI is InChI=1S/C26H26N4O2/c1-29-25-23(17-27-29)22(16-24(28-25)20-9-6-10-21(15-20)32-2)26(31)30-13-11-19(12-14-30)18-7-4-3-5-8-18/h3-10,15-17,19H,11-14H2,1-2H3. The number of aromatic nitrogens is 3. The van der Waals surface area contributed by atoms with Crippen LogP contribution in [0.2, 0.25) is 0 Å². The monoisotopic (exact) mass is 426 g/mol. The molecule has 0 atom stereocenters. The number of carbonyl (C=O) groups is 1. The van der Waals surface area contributed by atoms with Gasteiger partial charge in [0.2, 0.25) is 0 Å². The maximum Gasteiger partial charge on any atom is 0.254 e. The summed E-state index contributed by atoms with van der Waals surface area (Å²) in [6.45, 7) is 1.49. The van der Waals surface area contributed by atoms with E-state index >= 15 is 0 Å². The number of amides is 1. The number of piperidine rings is 1. The average Bonchev–Trinajstić information content (AvgIpc) is 3.24. The van der Waals surface area contributed by atoms with Gasteiger partial charge in [0.05, 0.1) is 30.0 Å². The lowest BCUT2D eigenvalue weighted by molar-refractivity contribution is 0.0715. The van der Waals surface area contributed by atoms with Crippen LogP contribution in [-0.4, -0.2) is 45.8 Å². The Hall–Kier alpha value is -3.67. The summed E-state index contributed by atoms with van der Waals surface area (Å²) in [6.07, 6.45) is 3.68. The summed E-state index contributed by atoms with van der Waals surface area (Å²) >= 11 is 0. The molecule has 1 saturated heterocycles. The van der Waals surface area contributed by atoms with Crippen molar-refractivity contribution >= 4 is 16.9 Å². The molecule has 0 spiro atoms. The van der Waals surface area contributed by atoms with E-state index in [9.17, 15) is 4.79 Å². The molecule has 6 heteroatoms. The van der Waals surface area contributed by atoms with Crippen molar-refractivity contribution in [2.24, 2.45) is 7.05 Å². The molecule has 0 bridgehead atoms. The lowest BCUT2D eigenvalue weighted by Crippen LogP contribution is -2.38. The molecule has 6 nitrogen and oxygen atoms in total. The van der Waals surface area contributed by atoms with Crippen molar-refractivity contribution in [3.8, 4) is 17.0 Å². The summed E-state index contributed by atoms with van der Waals surface area (Å²) in [5.41, 5.74) is 4.36. The van der Waals surface area contributed by atoms with E-state index in [0.29, 0.717) is 17.1 Å². The Morgan fingerprint density at radius 2 is 1.81 bits per heavy atom. The molecular weight excluding hydrogens is 400 g/mol. The molecule has 1 aliphatic rings. The number of aryl methyl sites for hydroxylation is 1. The second-order valence-electron chi connectivity index (χ2n) is 8.27. The molecule has 0 radical (unpaired) electrons. The molecule has 2 aromatic heterocycles. The molecule has 32 heavy (non-hydrogen) atoms. The number of carbonyl (C=O) groups excluding carboxylic acids is 1. The van der Waals surface area contributed by atoms with Gasteiger partial charge in [0, 0.05) is 25.7 Å². The maximum absolute atomic E-state index is 13.6. The van der Waals surface area contributed by atoms with Crippen LogP contribution in [0.25, 0.3) is 22.3 Å². The van der Waals surface area contributed by atoms with Crippen molar-refractivity contribution in [3.05, 3.63) is 78.0 Å². The topological polar surface area (TPSA) is 60.2 Å². The summed E-state index contributed by atoms with van der Waals surface area (Å²) in [5.74, 6) is 1.30. The molecule has 2 aromatic carbocycles. The number of benzene rings is 2. The van der Waals surface area contributed by atoms with E-state index in [2.05, 4.69) is 29.4 Å².